The van der Waals surface area contributed by atoms with Gasteiger partial charge in [0.1, 0.15) is 5.75 Å². The lowest BCUT2D eigenvalue weighted by molar-refractivity contribution is -0.141. The molecule has 20 heavy (non-hydrogen) atoms. The summed E-state index contributed by atoms with van der Waals surface area (Å²) >= 11 is 0. The average Bonchev–Trinajstić information content (AvgIpc) is 2.38. The number of carbonyl (C=O) groups excluding carboxylic acids is 1. The number of benzene rings is 1. The number of rotatable bonds is 2. The first kappa shape index (κ1) is 14.9. The van der Waals surface area contributed by atoms with Crippen LogP contribution in [0.25, 0.3) is 0 Å². The van der Waals surface area contributed by atoms with E-state index in [1.54, 1.807) is 12.1 Å². The maximum Gasteiger partial charge on any atom is 0.228 e. The van der Waals surface area contributed by atoms with Crippen molar-refractivity contribution in [1.29, 1.82) is 0 Å². The van der Waals surface area contributed by atoms with Gasteiger partial charge in [0.25, 0.3) is 0 Å². The summed E-state index contributed by atoms with van der Waals surface area (Å²) in [5.41, 5.74) is 0.813. The van der Waals surface area contributed by atoms with Gasteiger partial charge in [-0.25, -0.2) is 0 Å². The molecule has 1 aliphatic heterocycles. The minimum atomic E-state index is -0.298. The van der Waals surface area contributed by atoms with Gasteiger partial charge in [-0.15, -0.1) is 0 Å². The SMILES string of the molecule is CC(C)(C)C(=O)N1CCN(Cc2cccc(O)c2)CC1. The molecule has 0 bridgehead atoms. The van der Waals surface area contributed by atoms with Gasteiger partial charge in [-0.2, -0.15) is 0 Å². The zero-order valence-electron chi connectivity index (χ0n) is 12.6. The van der Waals surface area contributed by atoms with Gasteiger partial charge in [0.2, 0.25) is 5.91 Å². The Morgan fingerprint density at radius 2 is 1.85 bits per heavy atom. The zero-order valence-corrected chi connectivity index (χ0v) is 12.6. The van der Waals surface area contributed by atoms with Crippen molar-refractivity contribution in [2.75, 3.05) is 26.2 Å². The van der Waals surface area contributed by atoms with Crippen molar-refractivity contribution in [3.05, 3.63) is 29.8 Å². The highest BCUT2D eigenvalue weighted by Crippen LogP contribution is 2.19. The second-order valence-electron chi connectivity index (χ2n) is 6.49. The summed E-state index contributed by atoms with van der Waals surface area (Å²) in [5, 5.41) is 9.48. The molecule has 0 atom stereocenters. The van der Waals surface area contributed by atoms with E-state index in [4.69, 9.17) is 0 Å². The van der Waals surface area contributed by atoms with Crippen LogP contribution in [0.3, 0.4) is 0 Å². The quantitative estimate of drug-likeness (QED) is 0.899. The Morgan fingerprint density at radius 3 is 2.40 bits per heavy atom. The molecule has 4 nitrogen and oxygen atoms in total. The van der Waals surface area contributed by atoms with Crippen molar-refractivity contribution in [1.82, 2.24) is 9.80 Å². The molecular formula is C16H24N2O2. The van der Waals surface area contributed by atoms with E-state index in [-0.39, 0.29) is 11.3 Å². The van der Waals surface area contributed by atoms with Gasteiger partial charge >= 0.3 is 0 Å². The molecule has 0 saturated carbocycles. The number of aromatic hydroxyl groups is 1. The Kier molecular flexibility index (Phi) is 4.33. The molecule has 1 aromatic rings. The van der Waals surface area contributed by atoms with Crippen molar-refractivity contribution in [2.24, 2.45) is 5.41 Å². The van der Waals surface area contributed by atoms with Crippen LogP contribution in [-0.2, 0) is 11.3 Å². The summed E-state index contributed by atoms with van der Waals surface area (Å²) in [6, 6.07) is 7.37. The predicted molar refractivity (Wildman–Crippen MR) is 79.4 cm³/mol. The first-order valence-electron chi connectivity index (χ1n) is 7.16. The first-order chi connectivity index (χ1) is 9.36. The Labute approximate surface area is 121 Å². The fraction of sp³-hybridized carbons (Fsp3) is 0.562. The van der Waals surface area contributed by atoms with E-state index in [9.17, 15) is 9.90 Å². The van der Waals surface area contributed by atoms with Crippen LogP contribution in [0.4, 0.5) is 0 Å². The van der Waals surface area contributed by atoms with Gasteiger partial charge in [-0.3, -0.25) is 9.69 Å². The minimum Gasteiger partial charge on any atom is -0.508 e. The molecule has 1 amide bonds. The van der Waals surface area contributed by atoms with Crippen LogP contribution >= 0.6 is 0 Å². The summed E-state index contributed by atoms with van der Waals surface area (Å²) in [6.45, 7) is 10.1. The van der Waals surface area contributed by atoms with Crippen LogP contribution in [0.5, 0.6) is 5.75 Å². The lowest BCUT2D eigenvalue weighted by atomic mass is 9.94. The third-order valence-corrected chi connectivity index (χ3v) is 3.62. The second-order valence-corrected chi connectivity index (χ2v) is 6.49. The normalized spacial score (nSPS) is 17.2. The number of phenolic OH excluding ortho intramolecular Hbond substituents is 1. The highest BCUT2D eigenvalue weighted by atomic mass is 16.3. The zero-order chi connectivity index (χ0) is 14.8. The maximum absolute atomic E-state index is 12.2. The number of phenols is 1. The Morgan fingerprint density at radius 1 is 1.20 bits per heavy atom. The molecule has 0 unspecified atom stereocenters. The van der Waals surface area contributed by atoms with Crippen LogP contribution < -0.4 is 0 Å². The third-order valence-electron chi connectivity index (χ3n) is 3.62. The topological polar surface area (TPSA) is 43.8 Å². The summed E-state index contributed by atoms with van der Waals surface area (Å²) in [4.78, 5) is 16.5. The number of amides is 1. The molecule has 0 aliphatic carbocycles. The molecular weight excluding hydrogens is 252 g/mol. The van der Waals surface area contributed by atoms with E-state index >= 15 is 0 Å². The number of piperazine rings is 1. The van der Waals surface area contributed by atoms with Crippen LogP contribution in [-0.4, -0.2) is 47.0 Å². The van der Waals surface area contributed by atoms with Crippen molar-refractivity contribution in [3.63, 3.8) is 0 Å². The molecule has 1 aliphatic rings. The Bertz CT molecular complexity index is 472. The lowest BCUT2D eigenvalue weighted by Crippen LogP contribution is -2.51. The summed E-state index contributed by atoms with van der Waals surface area (Å²) < 4.78 is 0. The van der Waals surface area contributed by atoms with E-state index in [2.05, 4.69) is 4.90 Å². The Balaban J connectivity index is 1.87. The summed E-state index contributed by atoms with van der Waals surface area (Å²) in [6.07, 6.45) is 0. The molecule has 0 aromatic heterocycles. The van der Waals surface area contributed by atoms with E-state index in [1.165, 1.54) is 0 Å². The van der Waals surface area contributed by atoms with Gasteiger partial charge in [0.05, 0.1) is 0 Å². The minimum absolute atomic E-state index is 0.231. The van der Waals surface area contributed by atoms with Crippen LogP contribution in [0.1, 0.15) is 26.3 Å². The van der Waals surface area contributed by atoms with Crippen LogP contribution in [0, 0.1) is 5.41 Å². The highest BCUT2D eigenvalue weighted by molar-refractivity contribution is 5.81. The number of nitrogens with zero attached hydrogens (tertiary/aromatic N) is 2. The lowest BCUT2D eigenvalue weighted by Gasteiger charge is -2.37. The fourth-order valence-corrected chi connectivity index (χ4v) is 2.50. The van der Waals surface area contributed by atoms with E-state index < -0.39 is 0 Å². The molecule has 2 rings (SSSR count). The van der Waals surface area contributed by atoms with E-state index in [0.29, 0.717) is 5.75 Å². The predicted octanol–water partition coefficient (Wildman–Crippen LogP) is 2.08. The molecule has 110 valence electrons. The number of hydrogen-bond donors (Lipinski definition) is 1. The van der Waals surface area contributed by atoms with Gasteiger partial charge in [0.15, 0.2) is 0 Å². The van der Waals surface area contributed by atoms with E-state index in [0.717, 1.165) is 38.3 Å². The molecule has 1 saturated heterocycles. The van der Waals surface area contributed by atoms with Gasteiger partial charge in [-0.05, 0) is 17.7 Å². The monoisotopic (exact) mass is 276 g/mol. The van der Waals surface area contributed by atoms with Gasteiger partial charge < -0.3 is 10.0 Å². The third kappa shape index (κ3) is 3.73. The van der Waals surface area contributed by atoms with Crippen molar-refractivity contribution < 1.29 is 9.90 Å². The molecule has 1 heterocycles. The maximum atomic E-state index is 12.2. The highest BCUT2D eigenvalue weighted by Gasteiger charge is 2.29. The standard InChI is InChI=1S/C16H24N2O2/c1-16(2,3)15(20)18-9-7-17(8-10-18)12-13-5-4-6-14(19)11-13/h4-6,11,19H,7-10,12H2,1-3H3. The van der Waals surface area contributed by atoms with Gasteiger partial charge in [-0.1, -0.05) is 32.9 Å². The smallest absolute Gasteiger partial charge is 0.228 e. The molecule has 1 fully saturated rings. The first-order valence-corrected chi connectivity index (χ1v) is 7.16. The number of carbonyl (C=O) groups is 1. The molecule has 1 N–H and O–H groups in total. The molecule has 0 spiro atoms. The second kappa shape index (κ2) is 5.83. The molecule has 4 heteroatoms. The summed E-state index contributed by atoms with van der Waals surface area (Å²) in [5.74, 6) is 0.540. The van der Waals surface area contributed by atoms with Gasteiger partial charge in [0, 0.05) is 38.1 Å². The molecule has 1 aromatic carbocycles. The Hall–Kier alpha value is -1.55. The van der Waals surface area contributed by atoms with E-state index in [1.807, 2.05) is 37.8 Å². The average molecular weight is 276 g/mol. The largest absolute Gasteiger partial charge is 0.508 e. The fourth-order valence-electron chi connectivity index (χ4n) is 2.50. The van der Waals surface area contributed by atoms with Crippen molar-refractivity contribution >= 4 is 5.91 Å². The van der Waals surface area contributed by atoms with Crippen molar-refractivity contribution in [3.8, 4) is 5.75 Å². The number of hydrogen-bond acceptors (Lipinski definition) is 3. The van der Waals surface area contributed by atoms with Crippen molar-refractivity contribution in [2.45, 2.75) is 27.3 Å². The summed E-state index contributed by atoms with van der Waals surface area (Å²) in [7, 11) is 0. The van der Waals surface area contributed by atoms with Crippen LogP contribution in [0.2, 0.25) is 0 Å². The molecule has 0 radical (unpaired) electrons. The van der Waals surface area contributed by atoms with Crippen LogP contribution in [0.15, 0.2) is 24.3 Å².